The van der Waals surface area contributed by atoms with E-state index in [-0.39, 0.29) is 0 Å². The van der Waals surface area contributed by atoms with Crippen LogP contribution >= 0.6 is 11.6 Å². The van der Waals surface area contributed by atoms with Crippen LogP contribution in [0.1, 0.15) is 30.6 Å². The number of nitrogens with zero attached hydrogens (tertiary/aromatic N) is 3. The van der Waals surface area contributed by atoms with E-state index in [1.807, 2.05) is 29.1 Å². The van der Waals surface area contributed by atoms with Crippen molar-refractivity contribution in [3.8, 4) is 0 Å². The SMILES string of the molecule is CCCn1cc(C(O)c2ccc(Cl)c3cccnc23)cn1. The second kappa shape index (κ2) is 5.84. The molecule has 2 heterocycles. The van der Waals surface area contributed by atoms with E-state index in [0.717, 1.165) is 35.0 Å². The molecular weight excluding hydrogens is 286 g/mol. The number of halogens is 1. The summed E-state index contributed by atoms with van der Waals surface area (Å²) in [7, 11) is 0. The molecule has 2 aromatic heterocycles. The maximum absolute atomic E-state index is 10.6. The van der Waals surface area contributed by atoms with Crippen LogP contribution in [-0.2, 0) is 6.54 Å². The van der Waals surface area contributed by atoms with Gasteiger partial charge in [-0.2, -0.15) is 5.10 Å². The zero-order valence-corrected chi connectivity index (χ0v) is 12.5. The molecular formula is C16H16ClN3O. The van der Waals surface area contributed by atoms with Crippen molar-refractivity contribution in [3.05, 3.63) is 59.0 Å². The Morgan fingerprint density at radius 2 is 2.19 bits per heavy atom. The van der Waals surface area contributed by atoms with Gasteiger partial charge in [-0.3, -0.25) is 9.67 Å². The topological polar surface area (TPSA) is 50.9 Å². The Hall–Kier alpha value is -1.91. The number of aromatic nitrogens is 3. The molecule has 0 aliphatic heterocycles. The average Bonchev–Trinajstić information content (AvgIpc) is 2.96. The maximum Gasteiger partial charge on any atom is 0.109 e. The minimum absolute atomic E-state index is 0.635. The number of aliphatic hydroxyl groups is 1. The van der Waals surface area contributed by atoms with E-state index in [1.54, 1.807) is 18.5 Å². The molecule has 3 aromatic rings. The van der Waals surface area contributed by atoms with Gasteiger partial charge in [-0.05, 0) is 24.6 Å². The number of rotatable bonds is 4. The van der Waals surface area contributed by atoms with Crippen LogP contribution in [0.15, 0.2) is 42.9 Å². The summed E-state index contributed by atoms with van der Waals surface area (Å²) < 4.78 is 1.84. The highest BCUT2D eigenvalue weighted by Gasteiger charge is 2.17. The highest BCUT2D eigenvalue weighted by atomic mass is 35.5. The molecule has 5 heteroatoms. The Morgan fingerprint density at radius 1 is 1.33 bits per heavy atom. The number of aryl methyl sites for hydroxylation is 1. The minimum atomic E-state index is -0.759. The lowest BCUT2D eigenvalue weighted by Crippen LogP contribution is -2.01. The fourth-order valence-corrected chi connectivity index (χ4v) is 2.65. The van der Waals surface area contributed by atoms with Crippen LogP contribution < -0.4 is 0 Å². The Morgan fingerprint density at radius 3 is 3.00 bits per heavy atom. The molecule has 0 bridgehead atoms. The quantitative estimate of drug-likeness (QED) is 0.801. The molecule has 0 spiro atoms. The number of pyridine rings is 1. The Bertz CT molecular complexity index is 769. The second-order valence-electron chi connectivity index (χ2n) is 4.98. The Balaban J connectivity index is 2.04. The average molecular weight is 302 g/mol. The zero-order valence-electron chi connectivity index (χ0n) is 11.7. The summed E-state index contributed by atoms with van der Waals surface area (Å²) >= 11 is 6.19. The third-order valence-corrected chi connectivity index (χ3v) is 3.79. The number of fused-ring (bicyclic) bond motifs is 1. The number of benzene rings is 1. The first kappa shape index (κ1) is 14.0. The van der Waals surface area contributed by atoms with Gasteiger partial charge in [0.25, 0.3) is 0 Å². The van der Waals surface area contributed by atoms with Crippen LogP contribution in [-0.4, -0.2) is 19.9 Å². The van der Waals surface area contributed by atoms with Crippen LogP contribution in [0.3, 0.4) is 0 Å². The highest BCUT2D eigenvalue weighted by Crippen LogP contribution is 2.31. The van der Waals surface area contributed by atoms with Crippen LogP contribution in [0.5, 0.6) is 0 Å². The fraction of sp³-hybridized carbons (Fsp3) is 0.250. The lowest BCUT2D eigenvalue weighted by atomic mass is 10.0. The van der Waals surface area contributed by atoms with Crippen LogP contribution in [0.4, 0.5) is 0 Å². The molecule has 1 atom stereocenters. The maximum atomic E-state index is 10.6. The molecule has 1 unspecified atom stereocenters. The van der Waals surface area contributed by atoms with E-state index < -0.39 is 6.10 Å². The van der Waals surface area contributed by atoms with Gasteiger partial charge in [0.05, 0.1) is 11.7 Å². The van der Waals surface area contributed by atoms with Crippen molar-refractivity contribution in [2.75, 3.05) is 0 Å². The van der Waals surface area contributed by atoms with Crippen molar-refractivity contribution in [1.29, 1.82) is 0 Å². The Labute approximate surface area is 128 Å². The van der Waals surface area contributed by atoms with E-state index in [1.165, 1.54) is 0 Å². The van der Waals surface area contributed by atoms with Crippen LogP contribution in [0.2, 0.25) is 5.02 Å². The summed E-state index contributed by atoms with van der Waals surface area (Å²) in [6, 6.07) is 7.35. The smallest absolute Gasteiger partial charge is 0.109 e. The van der Waals surface area contributed by atoms with Crippen molar-refractivity contribution >= 4 is 22.5 Å². The van der Waals surface area contributed by atoms with Crippen molar-refractivity contribution in [3.63, 3.8) is 0 Å². The standard InChI is InChI=1S/C16H16ClN3O/c1-2-8-20-10-11(9-19-20)16(21)13-5-6-14(17)12-4-3-7-18-15(12)13/h3-7,9-10,16,21H,2,8H2,1H3. The second-order valence-corrected chi connectivity index (χ2v) is 5.38. The predicted octanol–water partition coefficient (Wildman–Crippen LogP) is 3.58. The monoisotopic (exact) mass is 301 g/mol. The van der Waals surface area contributed by atoms with Gasteiger partial charge in [-0.15, -0.1) is 0 Å². The summed E-state index contributed by atoms with van der Waals surface area (Å²) in [6.45, 7) is 2.93. The number of hydrogen-bond acceptors (Lipinski definition) is 3. The molecule has 0 radical (unpaired) electrons. The lowest BCUT2D eigenvalue weighted by Gasteiger charge is -2.12. The van der Waals surface area contributed by atoms with Gasteiger partial charge >= 0.3 is 0 Å². The number of hydrogen-bond donors (Lipinski definition) is 1. The van der Waals surface area contributed by atoms with Crippen molar-refractivity contribution in [1.82, 2.24) is 14.8 Å². The summed E-state index contributed by atoms with van der Waals surface area (Å²) in [4.78, 5) is 4.36. The molecule has 0 aliphatic carbocycles. The largest absolute Gasteiger partial charge is 0.383 e. The number of aliphatic hydroxyl groups excluding tert-OH is 1. The molecule has 1 N–H and O–H groups in total. The molecule has 0 amide bonds. The van der Waals surface area contributed by atoms with Gasteiger partial charge in [0, 0.05) is 40.5 Å². The van der Waals surface area contributed by atoms with Gasteiger partial charge in [-0.25, -0.2) is 0 Å². The first-order valence-corrected chi connectivity index (χ1v) is 7.32. The van der Waals surface area contributed by atoms with E-state index >= 15 is 0 Å². The summed E-state index contributed by atoms with van der Waals surface area (Å²) in [6.07, 6.45) is 5.52. The summed E-state index contributed by atoms with van der Waals surface area (Å²) in [5, 5.41) is 16.4. The van der Waals surface area contributed by atoms with Gasteiger partial charge in [0.1, 0.15) is 6.10 Å². The third kappa shape index (κ3) is 2.64. The van der Waals surface area contributed by atoms with Crippen molar-refractivity contribution < 1.29 is 5.11 Å². The zero-order chi connectivity index (χ0) is 14.8. The summed E-state index contributed by atoms with van der Waals surface area (Å²) in [5.41, 5.74) is 2.23. The van der Waals surface area contributed by atoms with Crippen molar-refractivity contribution in [2.24, 2.45) is 0 Å². The van der Waals surface area contributed by atoms with Gasteiger partial charge < -0.3 is 5.11 Å². The van der Waals surface area contributed by atoms with Gasteiger partial charge in [-0.1, -0.05) is 24.6 Å². The van der Waals surface area contributed by atoms with Gasteiger partial charge in [0.2, 0.25) is 0 Å². The molecule has 0 saturated heterocycles. The molecule has 4 nitrogen and oxygen atoms in total. The van der Waals surface area contributed by atoms with E-state index in [9.17, 15) is 5.11 Å². The lowest BCUT2D eigenvalue weighted by molar-refractivity contribution is 0.221. The first-order valence-electron chi connectivity index (χ1n) is 6.94. The highest BCUT2D eigenvalue weighted by molar-refractivity contribution is 6.35. The molecule has 0 fully saturated rings. The molecule has 108 valence electrons. The predicted molar refractivity (Wildman–Crippen MR) is 83.3 cm³/mol. The third-order valence-electron chi connectivity index (χ3n) is 3.46. The van der Waals surface area contributed by atoms with E-state index in [2.05, 4.69) is 17.0 Å². The molecule has 0 saturated carbocycles. The van der Waals surface area contributed by atoms with E-state index in [4.69, 9.17) is 11.6 Å². The van der Waals surface area contributed by atoms with Crippen LogP contribution in [0, 0.1) is 0 Å². The van der Waals surface area contributed by atoms with Crippen LogP contribution in [0.25, 0.3) is 10.9 Å². The van der Waals surface area contributed by atoms with Crippen molar-refractivity contribution in [2.45, 2.75) is 26.0 Å². The molecule has 0 aliphatic rings. The summed E-state index contributed by atoms with van der Waals surface area (Å²) in [5.74, 6) is 0. The fourth-order valence-electron chi connectivity index (χ4n) is 2.43. The normalized spacial score (nSPS) is 12.7. The van der Waals surface area contributed by atoms with Gasteiger partial charge in [0.15, 0.2) is 0 Å². The molecule has 3 rings (SSSR count). The minimum Gasteiger partial charge on any atom is -0.383 e. The Kier molecular flexibility index (Phi) is 3.90. The van der Waals surface area contributed by atoms with E-state index in [0.29, 0.717) is 5.02 Å². The molecule has 21 heavy (non-hydrogen) atoms. The first-order chi connectivity index (χ1) is 10.2. The molecule has 1 aromatic carbocycles.